The molecule has 0 saturated carbocycles. The molecule has 2 aromatic carbocycles. The Morgan fingerprint density at radius 1 is 1.00 bits per heavy atom. The summed E-state index contributed by atoms with van der Waals surface area (Å²) in [6, 6.07) is 15.6. The summed E-state index contributed by atoms with van der Waals surface area (Å²) in [5.74, 6) is 0.00681. The summed E-state index contributed by atoms with van der Waals surface area (Å²) in [7, 11) is -3.51. The zero-order valence-electron chi connectivity index (χ0n) is 17.4. The van der Waals surface area contributed by atoms with E-state index in [2.05, 4.69) is 5.32 Å². The minimum atomic E-state index is -3.51. The van der Waals surface area contributed by atoms with Crippen LogP contribution in [0.2, 0.25) is 0 Å². The Hall–Kier alpha value is -2.22. The zero-order valence-corrected chi connectivity index (χ0v) is 18.2. The number of rotatable bonds is 6. The molecule has 1 N–H and O–H groups in total. The van der Waals surface area contributed by atoms with Crippen molar-refractivity contribution < 1.29 is 13.2 Å². The Kier molecular flexibility index (Phi) is 6.22. The summed E-state index contributed by atoms with van der Waals surface area (Å²) in [6.45, 7) is 3.78. The first-order valence-corrected chi connectivity index (χ1v) is 12.1. The summed E-state index contributed by atoms with van der Waals surface area (Å²) >= 11 is 0. The fraction of sp³-hybridized carbons (Fsp3) is 0.435. The monoisotopic (exact) mass is 427 g/mol. The van der Waals surface area contributed by atoms with E-state index in [4.69, 9.17) is 0 Å². The molecular formula is C23H29N3O3S. The van der Waals surface area contributed by atoms with Crippen molar-refractivity contribution in [3.8, 4) is 0 Å². The second-order valence-electron chi connectivity index (χ2n) is 8.08. The molecule has 4 rings (SSSR count). The third-order valence-corrected chi connectivity index (χ3v) is 8.05. The molecule has 1 saturated heterocycles. The molecule has 1 heterocycles. The lowest BCUT2D eigenvalue weighted by molar-refractivity contribution is -0.131. The van der Waals surface area contributed by atoms with Gasteiger partial charge in [0.1, 0.15) is 0 Å². The van der Waals surface area contributed by atoms with Gasteiger partial charge in [-0.15, -0.1) is 0 Å². The maximum Gasteiger partial charge on any atom is 0.243 e. The SMILES string of the molecule is C[C@H](NCC(=O)N1CCN(S(=O)(=O)c2ccc3c(c2)CCC3)CC1)c1ccccc1. The lowest BCUT2D eigenvalue weighted by Crippen LogP contribution is -2.52. The summed E-state index contributed by atoms with van der Waals surface area (Å²) in [4.78, 5) is 14.7. The van der Waals surface area contributed by atoms with E-state index in [1.165, 1.54) is 9.87 Å². The van der Waals surface area contributed by atoms with Crippen LogP contribution in [0.15, 0.2) is 53.4 Å². The van der Waals surface area contributed by atoms with Crippen molar-refractivity contribution in [3.63, 3.8) is 0 Å². The molecule has 7 heteroatoms. The van der Waals surface area contributed by atoms with Crippen molar-refractivity contribution in [2.24, 2.45) is 0 Å². The fourth-order valence-corrected chi connectivity index (χ4v) is 5.72. The van der Waals surface area contributed by atoms with E-state index in [1.807, 2.05) is 49.4 Å². The molecule has 1 aliphatic carbocycles. The molecule has 1 amide bonds. The number of nitrogens with one attached hydrogen (secondary N) is 1. The summed E-state index contributed by atoms with van der Waals surface area (Å²) in [6.07, 6.45) is 3.08. The molecule has 2 aliphatic rings. The van der Waals surface area contributed by atoms with Crippen molar-refractivity contribution in [3.05, 3.63) is 65.2 Å². The summed E-state index contributed by atoms with van der Waals surface area (Å²) < 4.78 is 27.6. The van der Waals surface area contributed by atoms with Crippen LogP contribution < -0.4 is 5.32 Å². The van der Waals surface area contributed by atoms with Gasteiger partial charge in [-0.3, -0.25) is 4.79 Å². The van der Waals surface area contributed by atoms with Crippen LogP contribution in [0.5, 0.6) is 0 Å². The third kappa shape index (κ3) is 4.43. The fourth-order valence-electron chi connectivity index (χ4n) is 4.25. The van der Waals surface area contributed by atoms with E-state index < -0.39 is 10.0 Å². The van der Waals surface area contributed by atoms with Crippen LogP contribution in [0.1, 0.15) is 36.1 Å². The van der Waals surface area contributed by atoms with E-state index in [1.54, 1.807) is 11.0 Å². The van der Waals surface area contributed by atoms with Gasteiger partial charge in [0, 0.05) is 32.2 Å². The molecular weight excluding hydrogens is 398 g/mol. The molecule has 1 fully saturated rings. The molecule has 0 radical (unpaired) electrons. The number of nitrogens with zero attached hydrogens (tertiary/aromatic N) is 2. The zero-order chi connectivity index (χ0) is 21.1. The predicted molar refractivity (Wildman–Crippen MR) is 117 cm³/mol. The molecule has 6 nitrogen and oxygen atoms in total. The second-order valence-corrected chi connectivity index (χ2v) is 10.0. The number of benzene rings is 2. The van der Waals surface area contributed by atoms with Gasteiger partial charge in [0.25, 0.3) is 0 Å². The van der Waals surface area contributed by atoms with Crippen LogP contribution in [0.3, 0.4) is 0 Å². The predicted octanol–water partition coefficient (Wildman–Crippen LogP) is 2.36. The maximum atomic E-state index is 13.0. The van der Waals surface area contributed by atoms with Crippen LogP contribution in [0.4, 0.5) is 0 Å². The molecule has 0 spiro atoms. The number of sulfonamides is 1. The first-order valence-electron chi connectivity index (χ1n) is 10.6. The molecule has 1 atom stereocenters. The molecule has 0 unspecified atom stereocenters. The van der Waals surface area contributed by atoms with Gasteiger partial charge in [0.15, 0.2) is 0 Å². The third-order valence-electron chi connectivity index (χ3n) is 6.16. The molecule has 30 heavy (non-hydrogen) atoms. The van der Waals surface area contributed by atoms with Gasteiger partial charge in [0.2, 0.25) is 15.9 Å². The number of carbonyl (C=O) groups is 1. The summed E-state index contributed by atoms with van der Waals surface area (Å²) in [5.41, 5.74) is 3.56. The van der Waals surface area contributed by atoms with E-state index in [0.717, 1.165) is 30.4 Å². The van der Waals surface area contributed by atoms with E-state index in [0.29, 0.717) is 31.1 Å². The number of hydrogen-bond donors (Lipinski definition) is 1. The van der Waals surface area contributed by atoms with Crippen molar-refractivity contribution >= 4 is 15.9 Å². The van der Waals surface area contributed by atoms with E-state index in [9.17, 15) is 13.2 Å². The largest absolute Gasteiger partial charge is 0.339 e. The van der Waals surface area contributed by atoms with Gasteiger partial charge < -0.3 is 10.2 Å². The average Bonchev–Trinajstić information content (AvgIpc) is 3.26. The topological polar surface area (TPSA) is 69.7 Å². The van der Waals surface area contributed by atoms with Gasteiger partial charge >= 0.3 is 0 Å². The quantitative estimate of drug-likeness (QED) is 0.768. The normalized spacial score (nSPS) is 18.2. The standard InChI is InChI=1S/C23H29N3O3S/c1-18(19-6-3-2-4-7-19)24-17-23(27)25-12-14-26(15-13-25)30(28,29)22-11-10-20-8-5-9-21(20)16-22/h2-4,6-7,10-11,16,18,24H,5,8-9,12-15,17H2,1H3/t18-/m0/s1. The first-order chi connectivity index (χ1) is 14.4. The van der Waals surface area contributed by atoms with Gasteiger partial charge in [-0.25, -0.2) is 8.42 Å². The lowest BCUT2D eigenvalue weighted by atomic mass is 10.1. The molecule has 160 valence electrons. The summed E-state index contributed by atoms with van der Waals surface area (Å²) in [5, 5.41) is 3.26. The van der Waals surface area contributed by atoms with Gasteiger partial charge in [-0.2, -0.15) is 4.31 Å². The highest BCUT2D eigenvalue weighted by Crippen LogP contribution is 2.26. The first kappa shape index (κ1) is 21.0. The van der Waals surface area contributed by atoms with E-state index in [-0.39, 0.29) is 18.5 Å². The van der Waals surface area contributed by atoms with Crippen LogP contribution in [-0.2, 0) is 27.7 Å². The van der Waals surface area contributed by atoms with Crippen molar-refractivity contribution in [1.82, 2.24) is 14.5 Å². The maximum absolute atomic E-state index is 13.0. The van der Waals surface area contributed by atoms with Crippen LogP contribution in [0, 0.1) is 0 Å². The minimum absolute atomic E-state index is 0.00681. The highest BCUT2D eigenvalue weighted by atomic mass is 32.2. The Labute approximate surface area is 178 Å². The molecule has 2 aromatic rings. The number of carbonyl (C=O) groups excluding carboxylic acids is 1. The van der Waals surface area contributed by atoms with Gasteiger partial charge in [0.05, 0.1) is 11.4 Å². The Balaban J connectivity index is 1.31. The Bertz CT molecular complexity index is 1000. The van der Waals surface area contributed by atoms with Crippen molar-refractivity contribution in [2.75, 3.05) is 32.7 Å². The number of hydrogen-bond acceptors (Lipinski definition) is 4. The second kappa shape index (κ2) is 8.88. The van der Waals surface area contributed by atoms with Crippen LogP contribution in [-0.4, -0.2) is 56.3 Å². The van der Waals surface area contributed by atoms with Gasteiger partial charge in [-0.1, -0.05) is 36.4 Å². The minimum Gasteiger partial charge on any atom is -0.339 e. The van der Waals surface area contributed by atoms with Gasteiger partial charge in [-0.05, 0) is 55.0 Å². The number of piperazine rings is 1. The lowest BCUT2D eigenvalue weighted by Gasteiger charge is -2.34. The van der Waals surface area contributed by atoms with E-state index >= 15 is 0 Å². The highest BCUT2D eigenvalue weighted by Gasteiger charge is 2.30. The smallest absolute Gasteiger partial charge is 0.243 e. The van der Waals surface area contributed by atoms with Crippen LogP contribution in [0.25, 0.3) is 0 Å². The number of fused-ring (bicyclic) bond motifs is 1. The molecule has 0 aromatic heterocycles. The Morgan fingerprint density at radius 2 is 1.70 bits per heavy atom. The average molecular weight is 428 g/mol. The Morgan fingerprint density at radius 3 is 2.43 bits per heavy atom. The van der Waals surface area contributed by atoms with Crippen LogP contribution >= 0.6 is 0 Å². The van der Waals surface area contributed by atoms with Crippen molar-refractivity contribution in [1.29, 1.82) is 0 Å². The molecule has 0 bridgehead atoms. The highest BCUT2D eigenvalue weighted by molar-refractivity contribution is 7.89. The van der Waals surface area contributed by atoms with Crippen molar-refractivity contribution in [2.45, 2.75) is 37.1 Å². The molecule has 1 aliphatic heterocycles. The number of aryl methyl sites for hydroxylation is 2. The number of amides is 1.